The van der Waals surface area contributed by atoms with Gasteiger partial charge in [0, 0.05) is 24.1 Å². The van der Waals surface area contributed by atoms with Crippen molar-refractivity contribution in [3.8, 4) is 0 Å². The second-order valence-electron chi connectivity index (χ2n) is 4.19. The van der Waals surface area contributed by atoms with Crippen molar-refractivity contribution in [2.45, 2.75) is 19.0 Å². The lowest BCUT2D eigenvalue weighted by Crippen LogP contribution is -2.43. The third-order valence-corrected chi connectivity index (χ3v) is 4.49. The summed E-state index contributed by atoms with van der Waals surface area (Å²) in [5, 5.41) is 0. The number of nitrogens with zero attached hydrogens (tertiary/aromatic N) is 1. The molecule has 0 aliphatic carbocycles. The predicted octanol–water partition coefficient (Wildman–Crippen LogP) is 2.52. The molecule has 0 saturated carbocycles. The first-order valence-electron chi connectivity index (χ1n) is 5.82. The van der Waals surface area contributed by atoms with Crippen LogP contribution in [0.2, 0.25) is 0 Å². The van der Waals surface area contributed by atoms with Crippen molar-refractivity contribution >= 4 is 33.7 Å². The van der Waals surface area contributed by atoms with E-state index >= 15 is 0 Å². The molecule has 2 heterocycles. The van der Waals surface area contributed by atoms with Crippen molar-refractivity contribution in [3.63, 3.8) is 0 Å². The molecule has 1 aromatic heterocycles. The fourth-order valence-corrected chi connectivity index (χ4v) is 3.47. The van der Waals surface area contributed by atoms with Crippen molar-refractivity contribution < 1.29 is 13.9 Å². The largest absolute Gasteiger partial charge is 0.469 e. The van der Waals surface area contributed by atoms with E-state index < -0.39 is 0 Å². The highest BCUT2D eigenvalue weighted by Crippen LogP contribution is 2.23. The summed E-state index contributed by atoms with van der Waals surface area (Å²) in [6.07, 6.45) is 0.450. The van der Waals surface area contributed by atoms with E-state index in [0.717, 1.165) is 35.0 Å². The van der Waals surface area contributed by atoms with E-state index in [2.05, 4.69) is 20.8 Å². The maximum atomic E-state index is 11.4. The van der Waals surface area contributed by atoms with Crippen molar-refractivity contribution in [2.24, 2.45) is 0 Å². The highest BCUT2D eigenvalue weighted by atomic mass is 79.9. The van der Waals surface area contributed by atoms with Crippen LogP contribution in [0.15, 0.2) is 21.2 Å². The van der Waals surface area contributed by atoms with Gasteiger partial charge in [0.25, 0.3) is 0 Å². The van der Waals surface area contributed by atoms with Gasteiger partial charge in [-0.15, -0.1) is 0 Å². The highest BCUT2D eigenvalue weighted by molar-refractivity contribution is 9.10. The van der Waals surface area contributed by atoms with Crippen LogP contribution in [0.3, 0.4) is 0 Å². The van der Waals surface area contributed by atoms with Gasteiger partial charge in [0.05, 0.1) is 20.1 Å². The van der Waals surface area contributed by atoms with Crippen molar-refractivity contribution in [1.29, 1.82) is 0 Å². The van der Waals surface area contributed by atoms with Gasteiger partial charge in [-0.05, 0) is 28.1 Å². The van der Waals surface area contributed by atoms with Crippen LogP contribution in [0.5, 0.6) is 0 Å². The molecule has 2 rings (SSSR count). The zero-order chi connectivity index (χ0) is 13.0. The van der Waals surface area contributed by atoms with Crippen LogP contribution in [0, 0.1) is 0 Å². The molecular formula is C12H16BrNO3S. The maximum Gasteiger partial charge on any atom is 0.307 e. The molecule has 1 fully saturated rings. The number of esters is 1. The van der Waals surface area contributed by atoms with Gasteiger partial charge in [-0.25, -0.2) is 0 Å². The Hall–Kier alpha value is -0.460. The lowest BCUT2D eigenvalue weighted by molar-refractivity contribution is -0.141. The predicted molar refractivity (Wildman–Crippen MR) is 74.6 cm³/mol. The fraction of sp³-hybridized carbons (Fsp3) is 0.583. The Labute approximate surface area is 119 Å². The first-order valence-corrected chi connectivity index (χ1v) is 7.76. The summed E-state index contributed by atoms with van der Waals surface area (Å²) in [4.78, 5) is 13.7. The summed E-state index contributed by atoms with van der Waals surface area (Å²) in [5.74, 6) is 2.84. The lowest BCUT2D eigenvalue weighted by atomic mass is 10.2. The molecule has 0 amide bonds. The number of furan rings is 1. The Morgan fingerprint density at radius 1 is 1.67 bits per heavy atom. The molecule has 1 atom stereocenters. The van der Waals surface area contributed by atoms with Crippen LogP contribution < -0.4 is 0 Å². The van der Waals surface area contributed by atoms with E-state index in [-0.39, 0.29) is 12.0 Å². The number of halogens is 1. The molecule has 0 radical (unpaired) electrons. The minimum atomic E-state index is -0.145. The molecule has 1 aliphatic heterocycles. The van der Waals surface area contributed by atoms with Gasteiger partial charge in [0.1, 0.15) is 5.76 Å². The van der Waals surface area contributed by atoms with Gasteiger partial charge in [-0.1, -0.05) is 0 Å². The van der Waals surface area contributed by atoms with E-state index in [9.17, 15) is 4.79 Å². The number of ether oxygens (including phenoxy) is 1. The molecule has 1 aromatic rings. The standard InChI is InChI=1S/C12H16BrNO3S/c1-16-12(15)6-9-8-18-5-4-14(9)7-10-2-3-11(13)17-10/h2-3,9H,4-8H2,1H3/t9-/m1/s1. The average Bonchev–Trinajstić information content (AvgIpc) is 2.77. The monoisotopic (exact) mass is 333 g/mol. The van der Waals surface area contributed by atoms with Gasteiger partial charge in [-0.2, -0.15) is 11.8 Å². The van der Waals surface area contributed by atoms with Crippen LogP contribution in [0.1, 0.15) is 12.2 Å². The van der Waals surface area contributed by atoms with Crippen LogP contribution in [0.4, 0.5) is 0 Å². The molecular weight excluding hydrogens is 318 g/mol. The zero-order valence-electron chi connectivity index (χ0n) is 10.2. The SMILES string of the molecule is COC(=O)C[C@@H]1CSCCN1Cc1ccc(Br)o1. The smallest absolute Gasteiger partial charge is 0.307 e. The van der Waals surface area contributed by atoms with Crippen LogP contribution in [-0.4, -0.2) is 42.1 Å². The number of methoxy groups -OCH3 is 1. The normalized spacial score (nSPS) is 20.9. The Morgan fingerprint density at radius 3 is 3.17 bits per heavy atom. The fourth-order valence-electron chi connectivity index (χ4n) is 2.00. The van der Waals surface area contributed by atoms with Crippen LogP contribution in [-0.2, 0) is 16.1 Å². The average molecular weight is 334 g/mol. The summed E-state index contributed by atoms with van der Waals surface area (Å²) in [7, 11) is 1.44. The molecule has 0 aromatic carbocycles. The quantitative estimate of drug-likeness (QED) is 0.792. The van der Waals surface area contributed by atoms with Gasteiger partial charge in [-0.3, -0.25) is 9.69 Å². The topological polar surface area (TPSA) is 42.7 Å². The second-order valence-corrected chi connectivity index (χ2v) is 6.12. The van der Waals surface area contributed by atoms with Gasteiger partial charge in [0.15, 0.2) is 4.67 Å². The number of thioether (sulfide) groups is 1. The molecule has 18 heavy (non-hydrogen) atoms. The molecule has 100 valence electrons. The number of hydrogen-bond donors (Lipinski definition) is 0. The third kappa shape index (κ3) is 3.76. The molecule has 0 bridgehead atoms. The van der Waals surface area contributed by atoms with Crippen molar-refractivity contribution in [3.05, 3.63) is 22.6 Å². The zero-order valence-corrected chi connectivity index (χ0v) is 12.6. The molecule has 1 aliphatic rings. The van der Waals surface area contributed by atoms with Crippen LogP contribution >= 0.6 is 27.7 Å². The molecule has 0 N–H and O–H groups in total. The summed E-state index contributed by atoms with van der Waals surface area (Å²) < 4.78 is 11.0. The number of hydrogen-bond acceptors (Lipinski definition) is 5. The lowest BCUT2D eigenvalue weighted by Gasteiger charge is -2.34. The first-order chi connectivity index (χ1) is 8.69. The first kappa shape index (κ1) is 14.0. The van der Waals surface area contributed by atoms with Gasteiger partial charge in [0.2, 0.25) is 0 Å². The van der Waals surface area contributed by atoms with Crippen molar-refractivity contribution in [2.75, 3.05) is 25.2 Å². The summed E-state index contributed by atoms with van der Waals surface area (Å²) in [6.45, 7) is 1.72. The Bertz CT molecular complexity index is 410. The summed E-state index contributed by atoms with van der Waals surface area (Å²) >= 11 is 5.19. The Morgan fingerprint density at radius 2 is 2.50 bits per heavy atom. The third-order valence-electron chi connectivity index (χ3n) is 2.97. The summed E-state index contributed by atoms with van der Waals surface area (Å²) in [6, 6.07) is 4.09. The minimum Gasteiger partial charge on any atom is -0.469 e. The van der Waals surface area contributed by atoms with Gasteiger partial charge >= 0.3 is 5.97 Å². The van der Waals surface area contributed by atoms with Crippen LogP contribution in [0.25, 0.3) is 0 Å². The van der Waals surface area contributed by atoms with E-state index in [4.69, 9.17) is 9.15 Å². The van der Waals surface area contributed by atoms with Gasteiger partial charge < -0.3 is 9.15 Å². The molecule has 0 unspecified atom stereocenters. The summed E-state index contributed by atoms with van der Waals surface area (Å²) in [5.41, 5.74) is 0. The minimum absolute atomic E-state index is 0.145. The number of carbonyl (C=O) groups is 1. The Kier molecular flexibility index (Phi) is 5.14. The Balaban J connectivity index is 1.96. The molecule has 6 heteroatoms. The maximum absolute atomic E-state index is 11.4. The van der Waals surface area contributed by atoms with E-state index in [0.29, 0.717) is 6.42 Å². The van der Waals surface area contributed by atoms with Crippen molar-refractivity contribution in [1.82, 2.24) is 4.90 Å². The number of carbonyl (C=O) groups excluding carboxylic acids is 1. The molecule has 0 spiro atoms. The number of rotatable bonds is 4. The van der Waals surface area contributed by atoms with E-state index in [1.165, 1.54) is 7.11 Å². The molecule has 4 nitrogen and oxygen atoms in total. The van der Waals surface area contributed by atoms with E-state index in [1.54, 1.807) is 0 Å². The van der Waals surface area contributed by atoms with E-state index in [1.807, 2.05) is 23.9 Å². The highest BCUT2D eigenvalue weighted by Gasteiger charge is 2.26. The second kappa shape index (κ2) is 6.63. The molecule has 1 saturated heterocycles.